The molecule has 0 rings (SSSR count). The molecule has 0 saturated carbocycles. The van der Waals surface area contributed by atoms with Gasteiger partial charge in [-0.05, 0) is 6.42 Å². The van der Waals surface area contributed by atoms with E-state index in [2.05, 4.69) is 0 Å². The summed E-state index contributed by atoms with van der Waals surface area (Å²) < 4.78 is 20.4. The molecule has 0 heterocycles. The molecule has 0 fully saturated rings. The second-order valence-corrected chi connectivity index (χ2v) is 2.73. The molecule has 58 valence electrons. The Morgan fingerprint density at radius 3 is 2.10 bits per heavy atom. The predicted molar refractivity (Wildman–Crippen MR) is 38.3 cm³/mol. The molecule has 0 amide bonds. The van der Waals surface area contributed by atoms with Crippen molar-refractivity contribution in [3.63, 3.8) is 0 Å². The van der Waals surface area contributed by atoms with Crippen molar-refractivity contribution in [1.29, 1.82) is 0 Å². The van der Waals surface area contributed by atoms with Gasteiger partial charge in [-0.2, -0.15) is 0 Å². The van der Waals surface area contributed by atoms with Gasteiger partial charge in [0, 0.05) is 13.1 Å². The van der Waals surface area contributed by atoms with Crippen LogP contribution in [0.2, 0.25) is 0 Å². The molecule has 3 nitrogen and oxygen atoms in total. The largest absolute Gasteiger partial charge is 0.294 e. The number of hydrogen-bond donors (Lipinski definition) is 1. The molecular weight excluding hydrogens is 405 g/mol. The van der Waals surface area contributed by atoms with E-state index in [1.54, 1.807) is 0 Å². The van der Waals surface area contributed by atoms with E-state index in [1.807, 2.05) is 13.8 Å². The molecule has 1 N–H and O–H groups in total. The van der Waals surface area contributed by atoms with Crippen LogP contribution in [0, 0.1) is 0 Å². The molecule has 5 heteroatoms. The molecule has 10 heavy (non-hydrogen) atoms. The summed E-state index contributed by atoms with van der Waals surface area (Å²) in [6.07, 6.45) is 0.917. The first-order chi connectivity index (χ1) is 4.22. The smallest absolute Gasteiger partial charge is 0.234 e. The van der Waals surface area contributed by atoms with Crippen molar-refractivity contribution < 1.29 is 8.76 Å². The molecule has 0 spiro atoms. The van der Waals surface area contributed by atoms with Crippen molar-refractivity contribution in [1.82, 2.24) is 4.31 Å². The zero-order valence-corrected chi connectivity index (χ0v) is 13.8. The van der Waals surface area contributed by atoms with Crippen molar-refractivity contribution in [2.75, 3.05) is 13.1 Å². The summed E-state index contributed by atoms with van der Waals surface area (Å²) in [6.45, 7) is 5.18. The standard InChI is InChI=1S/C5H13NO2S.Rf/c1-3-5-6(4-2)9(7)8;/h3-5H2,1-2H3,(H,7,8);. The Labute approximate surface area is 58.5 Å². The van der Waals surface area contributed by atoms with E-state index in [9.17, 15) is 4.21 Å². The SMILES string of the molecule is CCCN(CC)S(=O)O.[Rf]. The zero-order chi connectivity index (χ0) is 7.28. The molecule has 0 aliphatic carbocycles. The van der Waals surface area contributed by atoms with E-state index in [1.165, 1.54) is 4.31 Å². The topological polar surface area (TPSA) is 40.5 Å². The van der Waals surface area contributed by atoms with Crippen LogP contribution in [0.15, 0.2) is 0 Å². The summed E-state index contributed by atoms with van der Waals surface area (Å²) >= 11 is -1.77. The Morgan fingerprint density at radius 2 is 2.00 bits per heavy atom. The van der Waals surface area contributed by atoms with Crippen LogP contribution in [-0.4, -0.2) is 26.2 Å². The first-order valence-corrected chi connectivity index (χ1v) is 4.14. The van der Waals surface area contributed by atoms with Crippen LogP contribution in [0.1, 0.15) is 20.3 Å². The monoisotopic (exact) mass is 418 g/mol. The minimum atomic E-state index is -1.77. The second kappa shape index (κ2) is 6.19. The Hall–Kier alpha value is -0.930. The maximum atomic E-state index is 10.4. The average Bonchev–Trinajstić information content (AvgIpc) is 1.82. The quantitative estimate of drug-likeness (QED) is 0.689. The summed E-state index contributed by atoms with van der Waals surface area (Å²) in [4.78, 5) is 0. The minimum Gasteiger partial charge on any atom is -0.294 e. The third kappa shape index (κ3) is 4.00. The van der Waals surface area contributed by atoms with Crippen molar-refractivity contribution in [3.8, 4) is 0 Å². The van der Waals surface area contributed by atoms with Gasteiger partial charge < -0.3 is 0 Å². The predicted octanol–water partition coefficient (Wildman–Crippen LogP) is 0.855. The van der Waals surface area contributed by atoms with Crippen molar-refractivity contribution in [2.45, 2.75) is 20.3 Å². The van der Waals surface area contributed by atoms with Gasteiger partial charge in [-0.25, -0.2) is 8.51 Å². The van der Waals surface area contributed by atoms with Crippen molar-refractivity contribution >= 4 is 11.3 Å². The molecule has 0 bridgehead atoms. The minimum absolute atomic E-state index is 0. The second-order valence-electron chi connectivity index (χ2n) is 1.75. The molecule has 1 atom stereocenters. The molecule has 0 aliphatic rings. The fourth-order valence-corrected chi connectivity index (χ4v) is 1.16. The van der Waals surface area contributed by atoms with Crippen LogP contribution >= 0.6 is 0 Å². The fourth-order valence-electron chi connectivity index (χ4n) is 0.596. The summed E-state index contributed by atoms with van der Waals surface area (Å²) in [7, 11) is 0. The Balaban J connectivity index is 0. The molecule has 0 radical (unpaired) electrons. The maximum Gasteiger partial charge on any atom is 0.234 e. The number of nitrogens with zero attached hydrogens (tertiary/aromatic N) is 1. The van der Waals surface area contributed by atoms with Gasteiger partial charge in [0.15, 0.2) is 0 Å². The van der Waals surface area contributed by atoms with Gasteiger partial charge in [-0.1, -0.05) is 13.8 Å². The van der Waals surface area contributed by atoms with Crippen LogP contribution in [-0.2, 0) is 11.3 Å². The van der Waals surface area contributed by atoms with Gasteiger partial charge in [0.05, 0.1) is 0 Å². The molecular formula is C5H13NO2RfS. The van der Waals surface area contributed by atoms with Gasteiger partial charge in [-0.15, -0.1) is 0 Å². The van der Waals surface area contributed by atoms with Crippen molar-refractivity contribution in [2.24, 2.45) is 0 Å². The summed E-state index contributed by atoms with van der Waals surface area (Å²) in [5.41, 5.74) is 0. The van der Waals surface area contributed by atoms with Crippen LogP contribution in [0.5, 0.6) is 0 Å². The molecule has 0 aromatic carbocycles. The number of hydrogen-bond acceptors (Lipinski definition) is 1. The average molecular weight is 418 g/mol. The summed E-state index contributed by atoms with van der Waals surface area (Å²) in [5, 5.41) is 0. The Bertz CT molecular complexity index is 102. The van der Waals surface area contributed by atoms with Gasteiger partial charge in [0.25, 0.3) is 0 Å². The zero-order valence-electron chi connectivity index (χ0n) is 6.54. The van der Waals surface area contributed by atoms with Crippen LogP contribution in [0.3, 0.4) is 0 Å². The summed E-state index contributed by atoms with van der Waals surface area (Å²) in [6, 6.07) is 0. The first-order valence-electron chi connectivity index (χ1n) is 3.08. The summed E-state index contributed by atoms with van der Waals surface area (Å²) in [5.74, 6) is 0. The van der Waals surface area contributed by atoms with E-state index in [-0.39, 0.29) is 0 Å². The Kier molecular flexibility index (Phi) is 7.32. The third-order valence-electron chi connectivity index (χ3n) is 1.05. The van der Waals surface area contributed by atoms with Crippen LogP contribution < -0.4 is 0 Å². The molecule has 0 aliphatic heterocycles. The third-order valence-corrected chi connectivity index (χ3v) is 1.93. The Morgan fingerprint density at radius 1 is 1.50 bits per heavy atom. The van der Waals surface area contributed by atoms with Crippen molar-refractivity contribution in [3.05, 3.63) is 0 Å². The van der Waals surface area contributed by atoms with E-state index in [0.29, 0.717) is 13.1 Å². The van der Waals surface area contributed by atoms with E-state index in [4.69, 9.17) is 4.55 Å². The molecule has 0 aromatic rings. The van der Waals surface area contributed by atoms with Gasteiger partial charge in [0.1, 0.15) is 0 Å². The van der Waals surface area contributed by atoms with E-state index < -0.39 is 11.3 Å². The molecule has 0 saturated heterocycles. The first kappa shape index (κ1) is 11.8. The van der Waals surface area contributed by atoms with Gasteiger partial charge in [-0.3, -0.25) is 4.55 Å². The normalized spacial score (nSPS) is 12.8. The van der Waals surface area contributed by atoms with Gasteiger partial charge >= 0.3 is 0 Å². The molecule has 0 aromatic heterocycles. The van der Waals surface area contributed by atoms with E-state index in [0.717, 1.165) is 6.42 Å². The van der Waals surface area contributed by atoms with Crippen LogP contribution in [0.25, 0.3) is 0 Å². The fraction of sp³-hybridized carbons (Fsp3) is 1.00. The van der Waals surface area contributed by atoms with Crippen LogP contribution in [0.4, 0.5) is 0 Å². The number of rotatable bonds is 4. The van der Waals surface area contributed by atoms with E-state index >= 15 is 0 Å². The maximum absolute atomic E-state index is 10.4. The van der Waals surface area contributed by atoms with Gasteiger partial charge in [0.2, 0.25) is 11.3 Å². The molecule has 1 unspecified atom stereocenters.